The van der Waals surface area contributed by atoms with Gasteiger partial charge in [-0.1, -0.05) is 23.2 Å². The predicted molar refractivity (Wildman–Crippen MR) is 119 cm³/mol. The van der Waals surface area contributed by atoms with Crippen molar-refractivity contribution in [3.05, 3.63) is 81.4 Å². The maximum Gasteiger partial charge on any atom is 0.336 e. The Labute approximate surface area is 187 Å². The summed E-state index contributed by atoms with van der Waals surface area (Å²) in [6, 6.07) is 9.45. The summed E-state index contributed by atoms with van der Waals surface area (Å²) in [5.74, 6) is -1.48. The van der Waals surface area contributed by atoms with Crippen LogP contribution in [-0.4, -0.2) is 27.4 Å². The van der Waals surface area contributed by atoms with Crippen LogP contribution in [0.3, 0.4) is 0 Å². The van der Waals surface area contributed by atoms with Crippen molar-refractivity contribution in [2.24, 2.45) is 0 Å². The van der Waals surface area contributed by atoms with Gasteiger partial charge in [0.2, 0.25) is 0 Å². The number of rotatable bonds is 3. The van der Waals surface area contributed by atoms with Gasteiger partial charge in [0.25, 0.3) is 11.8 Å². The van der Waals surface area contributed by atoms with Crippen LogP contribution < -0.4 is 10.2 Å². The first-order chi connectivity index (χ1) is 14.8. The van der Waals surface area contributed by atoms with Crippen molar-refractivity contribution < 1.29 is 14.4 Å². The van der Waals surface area contributed by atoms with E-state index in [4.69, 9.17) is 23.2 Å². The van der Waals surface area contributed by atoms with Gasteiger partial charge in [0.05, 0.1) is 21.9 Å². The molecule has 1 aromatic carbocycles. The fraction of sp³-hybridized carbons (Fsp3) is 0.0909. The Bertz CT molecular complexity index is 1270. The molecule has 4 rings (SSSR count). The van der Waals surface area contributed by atoms with Gasteiger partial charge in [0, 0.05) is 23.3 Å². The first kappa shape index (κ1) is 20.8. The number of benzene rings is 1. The highest BCUT2D eigenvalue weighted by Gasteiger charge is 2.37. The number of carbonyl (C=O) groups is 3. The average Bonchev–Trinajstić information content (AvgIpc) is 3.01. The summed E-state index contributed by atoms with van der Waals surface area (Å²) >= 11 is 12.2. The van der Waals surface area contributed by atoms with Crippen LogP contribution in [0.1, 0.15) is 17.0 Å². The lowest BCUT2D eigenvalue weighted by atomic mass is 10.1. The Morgan fingerprint density at radius 1 is 1.00 bits per heavy atom. The van der Waals surface area contributed by atoms with Gasteiger partial charge >= 0.3 is 6.03 Å². The molecular weight excluding hydrogens is 439 g/mol. The van der Waals surface area contributed by atoms with Gasteiger partial charge in [0.15, 0.2) is 0 Å². The minimum Gasteiger partial charge on any atom is -0.318 e. The molecule has 156 valence electrons. The molecule has 2 aromatic heterocycles. The molecule has 9 heteroatoms. The largest absolute Gasteiger partial charge is 0.336 e. The van der Waals surface area contributed by atoms with Crippen LogP contribution in [0.4, 0.5) is 10.5 Å². The number of nitrogens with one attached hydrogen (secondary N) is 1. The van der Waals surface area contributed by atoms with Crippen LogP contribution in [0.5, 0.6) is 0 Å². The third kappa shape index (κ3) is 3.73. The van der Waals surface area contributed by atoms with E-state index in [1.165, 1.54) is 18.5 Å². The molecule has 1 N–H and O–H groups in total. The molecule has 0 aliphatic carbocycles. The van der Waals surface area contributed by atoms with E-state index in [0.717, 1.165) is 22.0 Å². The number of urea groups is 1. The number of aryl methyl sites for hydroxylation is 1. The normalized spacial score (nSPS) is 15.5. The van der Waals surface area contributed by atoms with E-state index in [-0.39, 0.29) is 11.3 Å². The summed E-state index contributed by atoms with van der Waals surface area (Å²) < 4.78 is 1.93. The molecular formula is C22H16Cl2N4O3. The number of barbiturate groups is 1. The van der Waals surface area contributed by atoms with Crippen molar-refractivity contribution in [3.63, 3.8) is 0 Å². The lowest BCUT2D eigenvalue weighted by molar-refractivity contribution is -0.122. The number of amides is 4. The maximum absolute atomic E-state index is 13.0. The summed E-state index contributed by atoms with van der Waals surface area (Å²) in [5, 5.41) is 3.07. The number of aromatic nitrogens is 2. The molecule has 0 atom stereocenters. The number of carbonyl (C=O) groups excluding carboxylic acids is 3. The van der Waals surface area contributed by atoms with Gasteiger partial charge < -0.3 is 4.57 Å². The van der Waals surface area contributed by atoms with E-state index in [2.05, 4.69) is 10.3 Å². The summed E-state index contributed by atoms with van der Waals surface area (Å²) in [4.78, 5) is 42.6. The second-order valence-corrected chi connectivity index (χ2v) is 7.74. The summed E-state index contributed by atoms with van der Waals surface area (Å²) in [6.07, 6.45) is 4.38. The average molecular weight is 455 g/mol. The van der Waals surface area contributed by atoms with E-state index in [1.54, 1.807) is 24.3 Å². The molecule has 0 radical (unpaired) electrons. The van der Waals surface area contributed by atoms with Crippen molar-refractivity contribution in [2.75, 3.05) is 4.90 Å². The zero-order chi connectivity index (χ0) is 22.3. The van der Waals surface area contributed by atoms with Gasteiger partial charge in [-0.2, -0.15) is 0 Å². The fourth-order valence-electron chi connectivity index (χ4n) is 3.49. The molecule has 0 saturated carbocycles. The van der Waals surface area contributed by atoms with Crippen LogP contribution in [0.15, 0.2) is 54.4 Å². The van der Waals surface area contributed by atoms with Crippen LogP contribution in [0.25, 0.3) is 11.8 Å². The number of hydrogen-bond acceptors (Lipinski definition) is 4. The topological polar surface area (TPSA) is 84.3 Å². The first-order valence-corrected chi connectivity index (χ1v) is 9.99. The number of halogens is 2. The number of nitrogens with zero attached hydrogens (tertiary/aromatic N) is 3. The lowest BCUT2D eigenvalue weighted by Crippen LogP contribution is -2.54. The number of anilines is 1. The van der Waals surface area contributed by atoms with Gasteiger partial charge in [0.1, 0.15) is 5.57 Å². The molecule has 31 heavy (non-hydrogen) atoms. The Balaban J connectivity index is 1.77. The Morgan fingerprint density at radius 2 is 1.77 bits per heavy atom. The van der Waals surface area contributed by atoms with Gasteiger partial charge in [-0.05, 0) is 61.9 Å². The van der Waals surface area contributed by atoms with Crippen LogP contribution in [0.2, 0.25) is 10.0 Å². The second kappa shape index (κ2) is 8.02. The summed E-state index contributed by atoms with van der Waals surface area (Å²) in [5.41, 5.74) is 3.21. The SMILES string of the molecule is Cc1cc(/C=C2/C(=O)NC(=O)N(c3cccnc3)C2=O)c(C)n1-c1ccc(Cl)c(Cl)c1. The number of hydrogen-bond donors (Lipinski definition) is 1. The molecule has 4 amide bonds. The molecule has 1 saturated heterocycles. The molecule has 1 aliphatic rings. The van der Waals surface area contributed by atoms with Crippen LogP contribution >= 0.6 is 23.2 Å². The number of pyridine rings is 1. The standard InChI is InChI=1S/C22H16Cl2N4O3/c1-12-8-14(13(2)27(12)15-5-6-18(23)19(24)10-15)9-17-20(29)26-22(31)28(21(17)30)16-4-3-7-25-11-16/h3-11H,1-2H3,(H,26,29,31)/b17-9-. The Hall–Kier alpha value is -3.42. The molecule has 3 aromatic rings. The van der Waals surface area contributed by atoms with E-state index >= 15 is 0 Å². The van der Waals surface area contributed by atoms with Crippen molar-refractivity contribution >= 4 is 52.8 Å². The van der Waals surface area contributed by atoms with E-state index in [1.807, 2.05) is 30.5 Å². The Morgan fingerprint density at radius 3 is 2.45 bits per heavy atom. The van der Waals surface area contributed by atoms with E-state index in [0.29, 0.717) is 15.6 Å². The molecule has 0 bridgehead atoms. The summed E-state index contributed by atoms with van der Waals surface area (Å²) in [7, 11) is 0. The predicted octanol–water partition coefficient (Wildman–Crippen LogP) is 4.46. The molecule has 1 fully saturated rings. The summed E-state index contributed by atoms with van der Waals surface area (Å²) in [6.45, 7) is 3.75. The van der Waals surface area contributed by atoms with Gasteiger partial charge in [-0.3, -0.25) is 19.9 Å². The van der Waals surface area contributed by atoms with Crippen molar-refractivity contribution in [1.29, 1.82) is 0 Å². The molecule has 3 heterocycles. The fourth-order valence-corrected chi connectivity index (χ4v) is 3.78. The Kier molecular flexibility index (Phi) is 5.39. The minimum atomic E-state index is -0.818. The highest BCUT2D eigenvalue weighted by Crippen LogP contribution is 2.29. The lowest BCUT2D eigenvalue weighted by Gasteiger charge is -2.26. The van der Waals surface area contributed by atoms with Crippen molar-refractivity contribution in [3.8, 4) is 5.69 Å². The quantitative estimate of drug-likeness (QED) is 0.467. The van der Waals surface area contributed by atoms with Crippen LogP contribution in [0, 0.1) is 13.8 Å². The highest BCUT2D eigenvalue weighted by atomic mass is 35.5. The molecule has 0 unspecified atom stereocenters. The van der Waals surface area contributed by atoms with E-state index < -0.39 is 17.8 Å². The zero-order valence-electron chi connectivity index (χ0n) is 16.5. The third-order valence-corrected chi connectivity index (χ3v) is 5.68. The zero-order valence-corrected chi connectivity index (χ0v) is 18.0. The molecule has 1 aliphatic heterocycles. The van der Waals surface area contributed by atoms with Crippen molar-refractivity contribution in [1.82, 2.24) is 14.9 Å². The number of imide groups is 2. The minimum absolute atomic E-state index is 0.155. The first-order valence-electron chi connectivity index (χ1n) is 9.24. The molecule has 0 spiro atoms. The van der Waals surface area contributed by atoms with Gasteiger partial charge in [-0.15, -0.1) is 0 Å². The van der Waals surface area contributed by atoms with E-state index in [9.17, 15) is 14.4 Å². The third-order valence-electron chi connectivity index (χ3n) is 4.94. The smallest absolute Gasteiger partial charge is 0.318 e. The highest BCUT2D eigenvalue weighted by molar-refractivity contribution is 6.42. The van der Waals surface area contributed by atoms with Gasteiger partial charge in [-0.25, -0.2) is 9.69 Å². The molecule has 7 nitrogen and oxygen atoms in total. The van der Waals surface area contributed by atoms with Crippen molar-refractivity contribution in [2.45, 2.75) is 13.8 Å². The maximum atomic E-state index is 13.0. The van der Waals surface area contributed by atoms with Crippen LogP contribution in [-0.2, 0) is 9.59 Å². The monoisotopic (exact) mass is 454 g/mol. The second-order valence-electron chi connectivity index (χ2n) is 6.93.